The van der Waals surface area contributed by atoms with Crippen LogP contribution in [-0.4, -0.2) is 22.8 Å². The molecule has 0 aliphatic carbocycles. The third-order valence-corrected chi connectivity index (χ3v) is 3.53. The van der Waals surface area contributed by atoms with Crippen LogP contribution in [0.25, 0.3) is 0 Å². The number of rotatable bonds is 8. The molecule has 0 aromatic carbocycles. The highest BCUT2D eigenvalue weighted by Gasteiger charge is 2.31. The fourth-order valence-corrected chi connectivity index (χ4v) is 2.30. The summed E-state index contributed by atoms with van der Waals surface area (Å²) in [6.07, 6.45) is 2.97. The summed E-state index contributed by atoms with van der Waals surface area (Å²) >= 11 is 0. The van der Waals surface area contributed by atoms with Crippen molar-refractivity contribution in [3.63, 3.8) is 0 Å². The van der Waals surface area contributed by atoms with Gasteiger partial charge in [-0.2, -0.15) is 4.98 Å². The van der Waals surface area contributed by atoms with Gasteiger partial charge in [0.1, 0.15) is 6.10 Å². The predicted molar refractivity (Wildman–Crippen MR) is 84.0 cm³/mol. The summed E-state index contributed by atoms with van der Waals surface area (Å²) in [6.45, 7) is 13.1. The van der Waals surface area contributed by atoms with Gasteiger partial charge in [-0.05, 0) is 32.1 Å². The minimum absolute atomic E-state index is 0.0601. The van der Waals surface area contributed by atoms with Gasteiger partial charge < -0.3 is 15.0 Å². The molecule has 0 bridgehead atoms. The molecule has 0 amide bonds. The Morgan fingerprint density at radius 1 is 1.24 bits per heavy atom. The lowest BCUT2D eigenvalue weighted by atomic mass is 9.88. The molecule has 0 radical (unpaired) electrons. The van der Waals surface area contributed by atoms with Crippen LogP contribution in [0.2, 0.25) is 0 Å². The highest BCUT2D eigenvalue weighted by atomic mass is 16.5. The molecule has 2 N–H and O–H groups in total. The zero-order chi connectivity index (χ0) is 16.0. The van der Waals surface area contributed by atoms with E-state index in [4.69, 9.17) is 15.0 Å². The van der Waals surface area contributed by atoms with Gasteiger partial charge >= 0.3 is 0 Å². The molecule has 0 spiro atoms. The Labute approximate surface area is 128 Å². The second-order valence-electron chi connectivity index (χ2n) is 7.00. The Hall–Kier alpha value is -0.940. The summed E-state index contributed by atoms with van der Waals surface area (Å²) in [6, 6.07) is 0.249. The van der Waals surface area contributed by atoms with Crippen molar-refractivity contribution in [3.8, 4) is 0 Å². The largest absolute Gasteiger partial charge is 0.370 e. The third kappa shape index (κ3) is 5.75. The van der Waals surface area contributed by atoms with Crippen molar-refractivity contribution in [2.45, 2.75) is 78.9 Å². The van der Waals surface area contributed by atoms with E-state index in [1.165, 1.54) is 0 Å². The van der Waals surface area contributed by atoms with Crippen molar-refractivity contribution in [1.82, 2.24) is 10.1 Å². The average molecular weight is 297 g/mol. The fourth-order valence-electron chi connectivity index (χ4n) is 2.30. The van der Waals surface area contributed by atoms with Gasteiger partial charge in [-0.25, -0.2) is 0 Å². The SMILES string of the molecule is CCOC(c1noc(C(C)CCCC(C)N)n1)C(C)(C)C. The van der Waals surface area contributed by atoms with Crippen molar-refractivity contribution in [3.05, 3.63) is 11.7 Å². The van der Waals surface area contributed by atoms with E-state index in [1.54, 1.807) is 0 Å². The summed E-state index contributed by atoms with van der Waals surface area (Å²) in [4.78, 5) is 4.56. The van der Waals surface area contributed by atoms with E-state index in [9.17, 15) is 0 Å². The first-order valence-electron chi connectivity index (χ1n) is 7.96. The maximum Gasteiger partial charge on any atom is 0.229 e. The number of ether oxygens (including phenoxy) is 1. The second-order valence-corrected chi connectivity index (χ2v) is 7.00. The molecule has 1 heterocycles. The lowest BCUT2D eigenvalue weighted by Crippen LogP contribution is -2.22. The Morgan fingerprint density at radius 2 is 1.90 bits per heavy atom. The molecule has 5 heteroatoms. The number of hydrogen-bond donors (Lipinski definition) is 1. The van der Waals surface area contributed by atoms with Crippen LogP contribution in [0.5, 0.6) is 0 Å². The molecular weight excluding hydrogens is 266 g/mol. The summed E-state index contributed by atoms with van der Waals surface area (Å²) in [5.74, 6) is 1.61. The first-order valence-corrected chi connectivity index (χ1v) is 7.96. The van der Waals surface area contributed by atoms with E-state index in [0.29, 0.717) is 18.3 Å². The summed E-state index contributed by atoms with van der Waals surface area (Å²) < 4.78 is 11.2. The standard InChI is InChI=1S/C16H31N3O2/c1-7-20-13(16(4,5)6)14-18-15(21-19-14)11(2)9-8-10-12(3)17/h11-13H,7-10,17H2,1-6H3. The monoisotopic (exact) mass is 297 g/mol. The van der Waals surface area contributed by atoms with Crippen LogP contribution in [-0.2, 0) is 4.74 Å². The van der Waals surface area contributed by atoms with Crippen molar-refractivity contribution >= 4 is 0 Å². The van der Waals surface area contributed by atoms with Gasteiger partial charge in [0.2, 0.25) is 11.7 Å². The molecule has 0 fully saturated rings. The number of nitrogens with zero attached hydrogens (tertiary/aromatic N) is 2. The summed E-state index contributed by atoms with van der Waals surface area (Å²) in [5.41, 5.74) is 5.71. The average Bonchev–Trinajstić information content (AvgIpc) is 2.83. The number of aromatic nitrogens is 2. The van der Waals surface area contributed by atoms with Crippen LogP contribution in [0, 0.1) is 5.41 Å². The minimum atomic E-state index is -0.142. The molecular formula is C16H31N3O2. The first-order chi connectivity index (χ1) is 9.75. The van der Waals surface area contributed by atoms with Crippen LogP contribution >= 0.6 is 0 Å². The lowest BCUT2D eigenvalue weighted by molar-refractivity contribution is -0.0203. The van der Waals surface area contributed by atoms with E-state index >= 15 is 0 Å². The highest BCUT2D eigenvalue weighted by Crippen LogP contribution is 2.35. The zero-order valence-electron chi connectivity index (χ0n) is 14.3. The molecule has 3 atom stereocenters. The van der Waals surface area contributed by atoms with E-state index in [2.05, 4.69) is 37.8 Å². The maximum atomic E-state index is 5.80. The van der Waals surface area contributed by atoms with Gasteiger partial charge in [-0.3, -0.25) is 0 Å². The van der Waals surface area contributed by atoms with Gasteiger partial charge in [-0.15, -0.1) is 0 Å². The summed E-state index contributed by atoms with van der Waals surface area (Å²) in [7, 11) is 0. The Kier molecular flexibility index (Phi) is 6.81. The third-order valence-electron chi connectivity index (χ3n) is 3.53. The van der Waals surface area contributed by atoms with Crippen molar-refractivity contribution in [2.75, 3.05) is 6.61 Å². The normalized spacial score (nSPS) is 16.7. The smallest absolute Gasteiger partial charge is 0.229 e. The van der Waals surface area contributed by atoms with Gasteiger partial charge in [0.15, 0.2) is 0 Å². The predicted octanol–water partition coefficient (Wildman–Crippen LogP) is 3.81. The van der Waals surface area contributed by atoms with Crippen LogP contribution in [0.3, 0.4) is 0 Å². The molecule has 0 saturated carbocycles. The topological polar surface area (TPSA) is 74.2 Å². The van der Waals surface area contributed by atoms with Gasteiger partial charge in [0.05, 0.1) is 0 Å². The van der Waals surface area contributed by atoms with Crippen LogP contribution in [0.1, 0.15) is 84.5 Å². The van der Waals surface area contributed by atoms with Crippen molar-refractivity contribution in [2.24, 2.45) is 11.1 Å². The number of nitrogens with two attached hydrogens (primary N) is 1. The van der Waals surface area contributed by atoms with Crippen LogP contribution in [0.4, 0.5) is 0 Å². The van der Waals surface area contributed by atoms with Gasteiger partial charge in [-0.1, -0.05) is 39.3 Å². The van der Waals surface area contributed by atoms with E-state index in [0.717, 1.165) is 19.3 Å². The molecule has 1 rings (SSSR count). The molecule has 0 saturated heterocycles. The first kappa shape index (κ1) is 18.1. The second kappa shape index (κ2) is 7.90. The lowest BCUT2D eigenvalue weighted by Gasteiger charge is -2.27. The molecule has 1 aromatic heterocycles. The van der Waals surface area contributed by atoms with Crippen LogP contribution < -0.4 is 5.73 Å². The molecule has 3 unspecified atom stereocenters. The molecule has 122 valence electrons. The Morgan fingerprint density at radius 3 is 2.43 bits per heavy atom. The molecule has 21 heavy (non-hydrogen) atoms. The quantitative estimate of drug-likeness (QED) is 0.789. The zero-order valence-corrected chi connectivity index (χ0v) is 14.3. The van der Waals surface area contributed by atoms with Crippen LogP contribution in [0.15, 0.2) is 4.52 Å². The fraction of sp³-hybridized carbons (Fsp3) is 0.875. The maximum absolute atomic E-state index is 5.80. The van der Waals surface area contributed by atoms with E-state index < -0.39 is 0 Å². The minimum Gasteiger partial charge on any atom is -0.370 e. The Bertz CT molecular complexity index is 410. The van der Waals surface area contributed by atoms with E-state index in [1.807, 2.05) is 13.8 Å². The molecule has 5 nitrogen and oxygen atoms in total. The molecule has 0 aliphatic heterocycles. The van der Waals surface area contributed by atoms with Crippen molar-refractivity contribution < 1.29 is 9.26 Å². The van der Waals surface area contributed by atoms with Crippen molar-refractivity contribution in [1.29, 1.82) is 0 Å². The molecule has 1 aromatic rings. The highest BCUT2D eigenvalue weighted by molar-refractivity contribution is 4.99. The number of hydrogen-bond acceptors (Lipinski definition) is 5. The Balaban J connectivity index is 2.70. The summed E-state index contributed by atoms with van der Waals surface area (Å²) in [5, 5.41) is 4.13. The molecule has 0 aliphatic rings. The van der Waals surface area contributed by atoms with Gasteiger partial charge in [0.25, 0.3) is 0 Å². The van der Waals surface area contributed by atoms with E-state index in [-0.39, 0.29) is 23.5 Å². The van der Waals surface area contributed by atoms with Gasteiger partial charge in [0, 0.05) is 18.6 Å².